The van der Waals surface area contributed by atoms with E-state index in [2.05, 4.69) is 11.9 Å². The van der Waals surface area contributed by atoms with Crippen molar-refractivity contribution in [3.8, 4) is 11.5 Å². The van der Waals surface area contributed by atoms with Gasteiger partial charge in [-0.2, -0.15) is 0 Å². The number of fused-ring (bicyclic) bond motifs is 1. The Bertz CT molecular complexity index is 777. The van der Waals surface area contributed by atoms with Gasteiger partial charge in [0.25, 0.3) is 0 Å². The van der Waals surface area contributed by atoms with Crippen molar-refractivity contribution in [3.63, 3.8) is 0 Å². The number of oxazole rings is 1. The van der Waals surface area contributed by atoms with Gasteiger partial charge in [-0.05, 0) is 49.2 Å². The Kier molecular flexibility index (Phi) is 3.00. The van der Waals surface area contributed by atoms with Crippen LogP contribution in [0.4, 0.5) is 0 Å². The second-order valence-electron chi connectivity index (χ2n) is 4.50. The molecule has 0 spiro atoms. The summed E-state index contributed by atoms with van der Waals surface area (Å²) in [7, 11) is 0. The molecule has 0 saturated carbocycles. The number of rotatable bonds is 1. The Morgan fingerprint density at radius 2 is 1.79 bits per heavy atom. The van der Waals surface area contributed by atoms with E-state index in [0.717, 1.165) is 22.2 Å². The summed E-state index contributed by atoms with van der Waals surface area (Å²) in [6.07, 6.45) is 0. The second-order valence-corrected chi connectivity index (χ2v) is 5.32. The van der Waals surface area contributed by atoms with Crippen molar-refractivity contribution >= 4 is 34.3 Å². The minimum Gasteiger partial charge on any atom is -0.436 e. The summed E-state index contributed by atoms with van der Waals surface area (Å²) in [4.78, 5) is 4.49. The number of halogens is 2. The Labute approximate surface area is 121 Å². The Hall–Kier alpha value is -1.51. The summed E-state index contributed by atoms with van der Waals surface area (Å²) >= 11 is 11.9. The fourth-order valence-corrected chi connectivity index (χ4v) is 2.27. The molecule has 0 atom stereocenters. The first-order valence-corrected chi connectivity index (χ1v) is 6.64. The van der Waals surface area contributed by atoms with Crippen molar-refractivity contribution in [2.45, 2.75) is 13.8 Å². The van der Waals surface area contributed by atoms with E-state index in [1.165, 1.54) is 5.56 Å². The van der Waals surface area contributed by atoms with E-state index in [0.29, 0.717) is 15.9 Å². The zero-order valence-corrected chi connectivity index (χ0v) is 12.0. The maximum Gasteiger partial charge on any atom is 0.227 e. The van der Waals surface area contributed by atoms with Gasteiger partial charge in [0, 0.05) is 5.56 Å². The summed E-state index contributed by atoms with van der Waals surface area (Å²) in [6, 6.07) is 9.35. The second kappa shape index (κ2) is 4.55. The first-order chi connectivity index (χ1) is 9.06. The third-order valence-corrected chi connectivity index (χ3v) is 3.98. The molecular weight excluding hydrogens is 281 g/mol. The van der Waals surface area contributed by atoms with E-state index < -0.39 is 0 Å². The van der Waals surface area contributed by atoms with Crippen LogP contribution >= 0.6 is 23.2 Å². The molecule has 19 heavy (non-hydrogen) atoms. The molecule has 0 aliphatic carbocycles. The average Bonchev–Trinajstić information content (AvgIpc) is 2.82. The molecule has 3 aromatic rings. The summed E-state index contributed by atoms with van der Waals surface area (Å²) in [6.45, 7) is 4.08. The molecule has 0 bridgehead atoms. The van der Waals surface area contributed by atoms with Gasteiger partial charge in [0.1, 0.15) is 5.52 Å². The zero-order valence-electron chi connectivity index (χ0n) is 10.5. The lowest BCUT2D eigenvalue weighted by Gasteiger charge is -1.99. The molecule has 1 aromatic heterocycles. The highest BCUT2D eigenvalue weighted by atomic mass is 35.5. The van der Waals surface area contributed by atoms with Crippen LogP contribution in [0.5, 0.6) is 0 Å². The van der Waals surface area contributed by atoms with Crippen LogP contribution < -0.4 is 0 Å². The number of hydrogen-bond donors (Lipinski definition) is 0. The number of hydrogen-bond acceptors (Lipinski definition) is 2. The molecule has 2 aromatic carbocycles. The highest BCUT2D eigenvalue weighted by Gasteiger charge is 2.12. The maximum atomic E-state index is 6.02. The number of aryl methyl sites for hydroxylation is 2. The van der Waals surface area contributed by atoms with Crippen molar-refractivity contribution in [2.75, 3.05) is 0 Å². The summed E-state index contributed by atoms with van der Waals surface area (Å²) < 4.78 is 5.85. The molecule has 2 nitrogen and oxygen atoms in total. The van der Waals surface area contributed by atoms with Crippen LogP contribution in [0.2, 0.25) is 10.0 Å². The number of aromatic nitrogens is 1. The lowest BCUT2D eigenvalue weighted by molar-refractivity contribution is 0.617. The van der Waals surface area contributed by atoms with Crippen LogP contribution in [-0.2, 0) is 0 Å². The molecule has 0 fully saturated rings. The number of benzene rings is 2. The van der Waals surface area contributed by atoms with Gasteiger partial charge in [0.05, 0.1) is 10.0 Å². The topological polar surface area (TPSA) is 26.0 Å². The fraction of sp³-hybridized carbons (Fsp3) is 0.133. The predicted molar refractivity (Wildman–Crippen MR) is 78.9 cm³/mol. The van der Waals surface area contributed by atoms with Gasteiger partial charge in [-0.1, -0.05) is 29.3 Å². The minimum absolute atomic E-state index is 0.495. The first-order valence-electron chi connectivity index (χ1n) is 5.88. The zero-order chi connectivity index (χ0) is 13.6. The molecule has 0 radical (unpaired) electrons. The van der Waals surface area contributed by atoms with Gasteiger partial charge in [-0.15, -0.1) is 0 Å². The van der Waals surface area contributed by atoms with Gasteiger partial charge >= 0.3 is 0 Å². The Morgan fingerprint density at radius 1 is 1.00 bits per heavy atom. The molecule has 0 N–H and O–H groups in total. The van der Waals surface area contributed by atoms with Gasteiger partial charge in [-0.3, -0.25) is 0 Å². The molecule has 0 amide bonds. The average molecular weight is 292 g/mol. The van der Waals surface area contributed by atoms with Crippen molar-refractivity contribution < 1.29 is 4.42 Å². The van der Waals surface area contributed by atoms with E-state index in [1.807, 2.05) is 25.1 Å². The SMILES string of the molecule is Cc1ccc2nc(-c3ccc(Cl)c(Cl)c3)oc2c1C. The van der Waals surface area contributed by atoms with Crippen molar-refractivity contribution in [3.05, 3.63) is 51.5 Å². The van der Waals surface area contributed by atoms with Gasteiger partial charge in [-0.25, -0.2) is 4.98 Å². The summed E-state index contributed by atoms with van der Waals surface area (Å²) in [5.41, 5.74) is 4.79. The maximum absolute atomic E-state index is 6.02. The standard InChI is InChI=1S/C15H11Cl2NO/c1-8-3-6-13-14(9(8)2)19-15(18-13)10-4-5-11(16)12(17)7-10/h3-7H,1-2H3. The van der Waals surface area contributed by atoms with E-state index in [1.54, 1.807) is 12.1 Å². The van der Waals surface area contributed by atoms with Crippen LogP contribution in [0.3, 0.4) is 0 Å². The van der Waals surface area contributed by atoms with Crippen molar-refractivity contribution in [1.29, 1.82) is 0 Å². The Balaban J connectivity index is 2.20. The monoisotopic (exact) mass is 291 g/mol. The van der Waals surface area contributed by atoms with Crippen molar-refractivity contribution in [1.82, 2.24) is 4.98 Å². The smallest absolute Gasteiger partial charge is 0.227 e. The molecule has 0 aliphatic rings. The van der Waals surface area contributed by atoms with E-state index in [-0.39, 0.29) is 0 Å². The largest absolute Gasteiger partial charge is 0.436 e. The van der Waals surface area contributed by atoms with Gasteiger partial charge in [0.2, 0.25) is 5.89 Å². The molecular formula is C15H11Cl2NO. The molecule has 96 valence electrons. The van der Waals surface area contributed by atoms with E-state index >= 15 is 0 Å². The highest BCUT2D eigenvalue weighted by Crippen LogP contribution is 2.31. The fourth-order valence-electron chi connectivity index (χ4n) is 1.97. The molecule has 1 heterocycles. The predicted octanol–water partition coefficient (Wildman–Crippen LogP) is 5.42. The summed E-state index contributed by atoms with van der Waals surface area (Å²) in [5.74, 6) is 0.558. The number of nitrogens with zero attached hydrogens (tertiary/aromatic N) is 1. The first kappa shape index (κ1) is 12.5. The summed E-state index contributed by atoms with van der Waals surface area (Å²) in [5, 5.41) is 1.02. The minimum atomic E-state index is 0.495. The molecule has 0 unspecified atom stereocenters. The Morgan fingerprint density at radius 3 is 2.53 bits per heavy atom. The van der Waals surface area contributed by atoms with E-state index in [9.17, 15) is 0 Å². The van der Waals surface area contributed by atoms with Crippen LogP contribution in [0.25, 0.3) is 22.6 Å². The third kappa shape index (κ3) is 2.11. The molecule has 4 heteroatoms. The quantitative estimate of drug-likeness (QED) is 0.598. The van der Waals surface area contributed by atoms with Crippen LogP contribution in [0.15, 0.2) is 34.7 Å². The van der Waals surface area contributed by atoms with Gasteiger partial charge < -0.3 is 4.42 Å². The lowest BCUT2D eigenvalue weighted by atomic mass is 10.1. The van der Waals surface area contributed by atoms with Crippen LogP contribution in [0, 0.1) is 13.8 Å². The van der Waals surface area contributed by atoms with Crippen LogP contribution in [0.1, 0.15) is 11.1 Å². The lowest BCUT2D eigenvalue weighted by Crippen LogP contribution is -1.79. The third-order valence-electron chi connectivity index (χ3n) is 3.24. The van der Waals surface area contributed by atoms with Crippen LogP contribution in [-0.4, -0.2) is 4.98 Å². The normalized spacial score (nSPS) is 11.2. The molecule has 3 rings (SSSR count). The highest BCUT2D eigenvalue weighted by molar-refractivity contribution is 6.42. The van der Waals surface area contributed by atoms with Crippen molar-refractivity contribution in [2.24, 2.45) is 0 Å². The molecule has 0 aliphatic heterocycles. The molecule has 0 saturated heterocycles. The van der Waals surface area contributed by atoms with Gasteiger partial charge in [0.15, 0.2) is 5.58 Å². The van der Waals surface area contributed by atoms with E-state index in [4.69, 9.17) is 27.6 Å².